The Labute approximate surface area is 141 Å². The molecule has 0 bridgehead atoms. The molecule has 3 heteroatoms. The van der Waals surface area contributed by atoms with Crippen molar-refractivity contribution < 1.29 is 9.52 Å². The number of rotatable bonds is 3. The normalized spacial score (nSPS) is 11.6. The molecule has 2 aromatic carbocycles. The van der Waals surface area contributed by atoms with E-state index in [1.165, 1.54) is 29.5 Å². The fraction of sp³-hybridized carbons (Fsp3) is 0.286. The molecule has 0 aliphatic heterocycles. The number of phenols is 1. The maximum Gasteiger partial charge on any atom is 0.200 e. The van der Waals surface area contributed by atoms with Crippen LogP contribution in [0.1, 0.15) is 50.7 Å². The van der Waals surface area contributed by atoms with Crippen molar-refractivity contribution in [3.63, 3.8) is 0 Å². The van der Waals surface area contributed by atoms with Crippen molar-refractivity contribution in [3.8, 4) is 16.9 Å². The molecule has 0 saturated carbocycles. The van der Waals surface area contributed by atoms with Crippen molar-refractivity contribution >= 4 is 11.0 Å². The van der Waals surface area contributed by atoms with Crippen LogP contribution >= 0.6 is 0 Å². The molecule has 3 aromatic rings. The van der Waals surface area contributed by atoms with Crippen molar-refractivity contribution in [2.75, 3.05) is 0 Å². The highest BCUT2D eigenvalue weighted by atomic mass is 16.3. The van der Waals surface area contributed by atoms with E-state index in [1.807, 2.05) is 6.07 Å². The Balaban J connectivity index is 2.21. The Hall–Kier alpha value is -2.55. The number of hydrogen-bond acceptors (Lipinski definition) is 3. The smallest absolute Gasteiger partial charge is 0.200 e. The second-order valence-corrected chi connectivity index (χ2v) is 6.81. The molecule has 24 heavy (non-hydrogen) atoms. The lowest BCUT2D eigenvalue weighted by Gasteiger charge is -2.17. The summed E-state index contributed by atoms with van der Waals surface area (Å²) < 4.78 is 5.58. The predicted molar refractivity (Wildman–Crippen MR) is 97.8 cm³/mol. The lowest BCUT2D eigenvalue weighted by molar-refractivity contribution is 0.474. The summed E-state index contributed by atoms with van der Waals surface area (Å²) in [6.45, 7) is 8.68. The Bertz CT molecular complexity index is 949. The fourth-order valence-electron chi connectivity index (χ4n) is 3.08. The van der Waals surface area contributed by atoms with E-state index in [0.29, 0.717) is 28.4 Å². The molecule has 0 unspecified atom stereocenters. The standard InChI is InChI=1S/C21H22O3/c1-12(2)16-7-5-14(9-18(16)13(3)4)19-11-24-20-10-15(22)6-8-17(20)21(19)23/h5-13,22H,1-4H3. The fourth-order valence-corrected chi connectivity index (χ4v) is 3.08. The largest absolute Gasteiger partial charge is 0.508 e. The SMILES string of the molecule is CC(C)c1ccc(-c2coc3cc(O)ccc3c2=O)cc1C(C)C. The predicted octanol–water partition coefficient (Wildman–Crippen LogP) is 5.41. The average Bonchev–Trinajstić information content (AvgIpc) is 2.54. The lowest BCUT2D eigenvalue weighted by atomic mass is 9.88. The van der Waals surface area contributed by atoms with Gasteiger partial charge < -0.3 is 9.52 Å². The van der Waals surface area contributed by atoms with Crippen molar-refractivity contribution in [3.05, 3.63) is 64.0 Å². The highest BCUT2D eigenvalue weighted by Crippen LogP contribution is 2.31. The second-order valence-electron chi connectivity index (χ2n) is 6.81. The summed E-state index contributed by atoms with van der Waals surface area (Å²) >= 11 is 0. The van der Waals surface area contributed by atoms with E-state index in [2.05, 4.69) is 39.8 Å². The van der Waals surface area contributed by atoms with E-state index < -0.39 is 0 Å². The van der Waals surface area contributed by atoms with E-state index in [0.717, 1.165) is 5.56 Å². The summed E-state index contributed by atoms with van der Waals surface area (Å²) in [6, 6.07) is 10.8. The molecule has 0 radical (unpaired) electrons. The zero-order valence-corrected chi connectivity index (χ0v) is 14.5. The molecular formula is C21H22O3. The Morgan fingerprint density at radius 1 is 0.917 bits per heavy atom. The van der Waals surface area contributed by atoms with Crippen molar-refractivity contribution in [1.82, 2.24) is 0 Å². The molecule has 124 valence electrons. The number of phenolic OH excluding ortho intramolecular Hbond substituents is 1. The van der Waals surface area contributed by atoms with Crippen LogP contribution in [0.5, 0.6) is 5.75 Å². The molecule has 0 amide bonds. The molecule has 0 spiro atoms. The van der Waals surface area contributed by atoms with Crippen molar-refractivity contribution in [2.24, 2.45) is 0 Å². The number of aromatic hydroxyl groups is 1. The molecule has 0 atom stereocenters. The summed E-state index contributed by atoms with van der Waals surface area (Å²) in [4.78, 5) is 12.8. The van der Waals surface area contributed by atoms with Gasteiger partial charge in [-0.3, -0.25) is 4.79 Å². The average molecular weight is 322 g/mol. The molecule has 1 N–H and O–H groups in total. The van der Waals surface area contributed by atoms with Gasteiger partial charge in [-0.25, -0.2) is 0 Å². The topological polar surface area (TPSA) is 50.4 Å². The van der Waals surface area contributed by atoms with E-state index in [1.54, 1.807) is 6.07 Å². The van der Waals surface area contributed by atoms with Crippen molar-refractivity contribution in [1.29, 1.82) is 0 Å². The Morgan fingerprint density at radius 3 is 2.29 bits per heavy atom. The molecule has 0 fully saturated rings. The minimum atomic E-state index is -0.0803. The van der Waals surface area contributed by atoms with Gasteiger partial charge in [0.25, 0.3) is 0 Å². The summed E-state index contributed by atoms with van der Waals surface area (Å²) in [5.74, 6) is 0.904. The molecule has 0 saturated heterocycles. The van der Waals surface area contributed by atoms with E-state index in [4.69, 9.17) is 4.42 Å². The first kappa shape index (κ1) is 16.3. The maximum atomic E-state index is 12.8. The summed E-state index contributed by atoms with van der Waals surface area (Å²) in [7, 11) is 0. The van der Waals surface area contributed by atoms with Gasteiger partial charge in [-0.15, -0.1) is 0 Å². The lowest BCUT2D eigenvalue weighted by Crippen LogP contribution is -2.06. The molecule has 3 nitrogen and oxygen atoms in total. The number of fused-ring (bicyclic) bond motifs is 1. The minimum absolute atomic E-state index is 0.0803. The van der Waals surface area contributed by atoms with Crippen LogP contribution in [-0.2, 0) is 0 Å². The summed E-state index contributed by atoms with van der Waals surface area (Å²) in [5.41, 5.74) is 4.30. The monoisotopic (exact) mass is 322 g/mol. The first-order chi connectivity index (χ1) is 11.4. The van der Waals surface area contributed by atoms with E-state index in [-0.39, 0.29) is 11.2 Å². The van der Waals surface area contributed by atoms with Gasteiger partial charge in [0, 0.05) is 6.07 Å². The molecular weight excluding hydrogens is 300 g/mol. The number of benzene rings is 2. The highest BCUT2D eigenvalue weighted by Gasteiger charge is 2.14. The third-order valence-corrected chi connectivity index (χ3v) is 4.40. The van der Waals surface area contributed by atoms with Gasteiger partial charge in [0.2, 0.25) is 0 Å². The van der Waals surface area contributed by atoms with Gasteiger partial charge in [-0.1, -0.05) is 45.9 Å². The van der Waals surface area contributed by atoms with Gasteiger partial charge in [0.1, 0.15) is 17.6 Å². The third kappa shape index (κ3) is 2.82. The van der Waals surface area contributed by atoms with Gasteiger partial charge in [0.05, 0.1) is 10.9 Å². The first-order valence-electron chi connectivity index (χ1n) is 8.27. The molecule has 1 aromatic heterocycles. The third-order valence-electron chi connectivity index (χ3n) is 4.40. The second kappa shape index (κ2) is 6.16. The highest BCUT2D eigenvalue weighted by molar-refractivity contribution is 5.82. The molecule has 0 aliphatic rings. The number of hydrogen-bond donors (Lipinski definition) is 1. The van der Waals surface area contributed by atoms with Crippen LogP contribution in [0, 0.1) is 0 Å². The zero-order valence-electron chi connectivity index (χ0n) is 14.5. The zero-order chi connectivity index (χ0) is 17.4. The van der Waals surface area contributed by atoms with Gasteiger partial charge in [0.15, 0.2) is 5.43 Å². The van der Waals surface area contributed by atoms with Crippen LogP contribution in [0.4, 0.5) is 0 Å². The Kier molecular flexibility index (Phi) is 4.18. The maximum absolute atomic E-state index is 12.8. The van der Waals surface area contributed by atoms with Gasteiger partial charge >= 0.3 is 0 Å². The van der Waals surface area contributed by atoms with Crippen LogP contribution in [-0.4, -0.2) is 5.11 Å². The van der Waals surface area contributed by atoms with Crippen molar-refractivity contribution in [2.45, 2.75) is 39.5 Å². The first-order valence-corrected chi connectivity index (χ1v) is 8.27. The minimum Gasteiger partial charge on any atom is -0.508 e. The Morgan fingerprint density at radius 2 is 1.62 bits per heavy atom. The molecule has 0 aliphatic carbocycles. The summed E-state index contributed by atoms with van der Waals surface area (Å²) in [6.07, 6.45) is 1.48. The molecule has 3 rings (SSSR count). The van der Waals surface area contributed by atoms with Crippen LogP contribution in [0.25, 0.3) is 22.1 Å². The van der Waals surface area contributed by atoms with Crippen LogP contribution < -0.4 is 5.43 Å². The van der Waals surface area contributed by atoms with Gasteiger partial charge in [-0.2, -0.15) is 0 Å². The van der Waals surface area contributed by atoms with Gasteiger partial charge in [-0.05, 0) is 40.7 Å². The summed E-state index contributed by atoms with van der Waals surface area (Å²) in [5, 5.41) is 10.0. The van der Waals surface area contributed by atoms with E-state index in [9.17, 15) is 9.90 Å². The van der Waals surface area contributed by atoms with Crippen LogP contribution in [0.2, 0.25) is 0 Å². The molecule has 1 heterocycles. The van der Waals surface area contributed by atoms with Crippen LogP contribution in [0.15, 0.2) is 51.9 Å². The van der Waals surface area contributed by atoms with E-state index >= 15 is 0 Å². The van der Waals surface area contributed by atoms with Crippen LogP contribution in [0.3, 0.4) is 0 Å². The quantitative estimate of drug-likeness (QED) is 0.701.